The number of sulfonamides is 2. The Hall–Kier alpha value is -2.39. The molecule has 0 amide bonds. The zero-order chi connectivity index (χ0) is 27.8. The molecule has 2 aromatic carbocycles. The van der Waals surface area contributed by atoms with Gasteiger partial charge in [0.05, 0.1) is 22.9 Å². The maximum Gasteiger partial charge on any atom is 0.248 e. The molecule has 2 aromatic rings. The van der Waals surface area contributed by atoms with Gasteiger partial charge in [0, 0.05) is 25.1 Å². The molecular weight excluding hydrogens is 520 g/mol. The first kappa shape index (κ1) is 30.2. The zero-order valence-electron chi connectivity index (χ0n) is 23.0. The first-order valence-electron chi connectivity index (χ1n) is 13.9. The number of unbranched alkanes of at least 4 members (excludes halogenated alkanes) is 3. The lowest BCUT2D eigenvalue weighted by atomic mass is 9.94. The van der Waals surface area contributed by atoms with Gasteiger partial charge in [0.2, 0.25) is 20.0 Å². The Bertz CT molecular complexity index is 1250. The van der Waals surface area contributed by atoms with Crippen molar-refractivity contribution in [1.29, 1.82) is 0 Å². The number of aryl methyl sites for hydroxylation is 1. The molecule has 9 heteroatoms. The molecule has 0 atom stereocenters. The molecule has 3 rings (SSSR count). The van der Waals surface area contributed by atoms with Crippen molar-refractivity contribution in [2.24, 2.45) is 0 Å². The van der Waals surface area contributed by atoms with Gasteiger partial charge in [-0.15, -0.1) is 0 Å². The number of anilines is 2. The van der Waals surface area contributed by atoms with Crippen molar-refractivity contribution >= 4 is 37.2 Å². The van der Waals surface area contributed by atoms with E-state index in [1.807, 2.05) is 57.2 Å². The molecule has 0 saturated heterocycles. The molecule has 0 radical (unpaired) electrons. The van der Waals surface area contributed by atoms with Crippen LogP contribution in [0.1, 0.15) is 93.6 Å². The SMILES string of the molecule is CCCCC(=O)c1cc2c(c(N(S(=O)(=O)CCCC)S(=O)(=O)CCCC)c1)N(Cc1ccccc1)CCC2. The number of hydrogen-bond donors (Lipinski definition) is 0. The smallest absolute Gasteiger partial charge is 0.248 e. The number of carbonyl (C=O) groups excluding carboxylic acids is 1. The molecule has 0 unspecified atom stereocenters. The Morgan fingerprint density at radius 3 is 2.05 bits per heavy atom. The van der Waals surface area contributed by atoms with Crippen LogP contribution < -0.4 is 8.61 Å². The molecule has 1 aliphatic heterocycles. The second kappa shape index (κ2) is 13.6. The molecule has 0 aliphatic carbocycles. The van der Waals surface area contributed by atoms with E-state index in [9.17, 15) is 21.6 Å². The summed E-state index contributed by atoms with van der Waals surface area (Å²) in [7, 11) is -8.41. The molecule has 0 N–H and O–H groups in total. The molecule has 0 saturated carbocycles. The van der Waals surface area contributed by atoms with Gasteiger partial charge in [0.25, 0.3) is 0 Å². The Morgan fingerprint density at radius 2 is 1.47 bits per heavy atom. The number of Topliss-reactive ketones (excluding diaryl/α,β-unsaturated/α-hetero) is 1. The van der Waals surface area contributed by atoms with Crippen LogP contribution in [-0.2, 0) is 33.0 Å². The van der Waals surface area contributed by atoms with Gasteiger partial charge < -0.3 is 4.90 Å². The Kier molecular flexibility index (Phi) is 10.8. The van der Waals surface area contributed by atoms with Crippen LogP contribution in [0.5, 0.6) is 0 Å². The molecule has 0 fully saturated rings. The van der Waals surface area contributed by atoms with Crippen LogP contribution in [0, 0.1) is 0 Å². The normalized spacial score (nSPS) is 13.8. The maximum absolute atomic E-state index is 13.7. The number of nitrogens with zero attached hydrogens (tertiary/aromatic N) is 2. The molecule has 38 heavy (non-hydrogen) atoms. The highest BCUT2D eigenvalue weighted by Crippen LogP contribution is 2.42. The van der Waals surface area contributed by atoms with Gasteiger partial charge in [0.15, 0.2) is 5.78 Å². The summed E-state index contributed by atoms with van der Waals surface area (Å²) in [6, 6.07) is 13.2. The van der Waals surface area contributed by atoms with Crippen LogP contribution >= 0.6 is 0 Å². The quantitative estimate of drug-likeness (QED) is 0.244. The summed E-state index contributed by atoms with van der Waals surface area (Å²) < 4.78 is 55.7. The number of fused-ring (bicyclic) bond motifs is 1. The summed E-state index contributed by atoms with van der Waals surface area (Å²) in [5.74, 6) is -0.625. The molecular formula is C29H42N2O5S2. The number of carbonyl (C=O) groups is 1. The molecule has 7 nitrogen and oxygen atoms in total. The number of benzene rings is 2. The average Bonchev–Trinajstić information content (AvgIpc) is 2.89. The third-order valence-electron chi connectivity index (χ3n) is 6.87. The molecule has 0 bridgehead atoms. The lowest BCUT2D eigenvalue weighted by Gasteiger charge is -2.36. The van der Waals surface area contributed by atoms with E-state index in [-0.39, 0.29) is 23.0 Å². The highest BCUT2D eigenvalue weighted by atomic mass is 32.3. The van der Waals surface area contributed by atoms with Crippen LogP contribution in [0.2, 0.25) is 0 Å². The average molecular weight is 563 g/mol. The summed E-state index contributed by atoms with van der Waals surface area (Å²) in [6.45, 7) is 6.94. The van der Waals surface area contributed by atoms with Crippen molar-refractivity contribution in [3.8, 4) is 0 Å². The van der Waals surface area contributed by atoms with E-state index >= 15 is 0 Å². The summed E-state index contributed by atoms with van der Waals surface area (Å²) in [5, 5.41) is 0. The summed E-state index contributed by atoms with van der Waals surface area (Å²) in [5.41, 5.74) is 2.96. The van der Waals surface area contributed by atoms with Gasteiger partial charge in [0.1, 0.15) is 0 Å². The maximum atomic E-state index is 13.7. The highest BCUT2D eigenvalue weighted by molar-refractivity contribution is 8.10. The first-order chi connectivity index (χ1) is 18.1. The van der Waals surface area contributed by atoms with E-state index in [1.165, 1.54) is 6.07 Å². The van der Waals surface area contributed by atoms with Crippen molar-refractivity contribution < 1.29 is 21.6 Å². The van der Waals surface area contributed by atoms with Gasteiger partial charge in [-0.25, -0.2) is 16.8 Å². The number of hydrogen-bond acceptors (Lipinski definition) is 6. The fraction of sp³-hybridized carbons (Fsp3) is 0.552. The lowest BCUT2D eigenvalue weighted by Crippen LogP contribution is -2.42. The highest BCUT2D eigenvalue weighted by Gasteiger charge is 2.38. The van der Waals surface area contributed by atoms with E-state index < -0.39 is 20.0 Å². The van der Waals surface area contributed by atoms with Crippen LogP contribution in [0.3, 0.4) is 0 Å². The Balaban J connectivity index is 2.27. The zero-order valence-corrected chi connectivity index (χ0v) is 24.6. The van der Waals surface area contributed by atoms with E-state index in [0.29, 0.717) is 66.6 Å². The second-order valence-corrected chi connectivity index (χ2v) is 14.2. The number of rotatable bonds is 15. The monoisotopic (exact) mass is 562 g/mol. The Morgan fingerprint density at radius 1 is 0.868 bits per heavy atom. The predicted octanol–water partition coefficient (Wildman–Crippen LogP) is 6.08. The standard InChI is InChI=1S/C29H42N2O5S2/c1-4-7-17-28(32)26-21-25-16-13-18-30(23-24-14-11-10-12-15-24)29(25)27(22-26)31(37(33,34)19-8-5-2)38(35,36)20-9-6-3/h10-12,14-15,21-22H,4-9,13,16-20,23H2,1-3H3. The third-order valence-corrected chi connectivity index (χ3v) is 11.2. The van der Waals surface area contributed by atoms with Crippen LogP contribution in [0.4, 0.5) is 11.4 Å². The van der Waals surface area contributed by atoms with Crippen LogP contribution in [-0.4, -0.2) is 40.7 Å². The first-order valence-corrected chi connectivity index (χ1v) is 17.1. The van der Waals surface area contributed by atoms with E-state index in [4.69, 9.17) is 0 Å². The van der Waals surface area contributed by atoms with Crippen molar-refractivity contribution in [1.82, 2.24) is 0 Å². The lowest BCUT2D eigenvalue weighted by molar-refractivity contribution is 0.0979. The largest absolute Gasteiger partial charge is 0.365 e. The molecule has 1 heterocycles. The van der Waals surface area contributed by atoms with Crippen molar-refractivity contribution in [3.63, 3.8) is 0 Å². The minimum atomic E-state index is -4.21. The third kappa shape index (κ3) is 7.38. The summed E-state index contributed by atoms with van der Waals surface area (Å²) in [6.07, 6.45) is 5.35. The summed E-state index contributed by atoms with van der Waals surface area (Å²) in [4.78, 5) is 15.2. The van der Waals surface area contributed by atoms with Gasteiger partial charge in [-0.1, -0.05) is 70.4 Å². The molecule has 0 spiro atoms. The topological polar surface area (TPSA) is 91.8 Å². The van der Waals surface area contributed by atoms with Crippen LogP contribution in [0.15, 0.2) is 42.5 Å². The van der Waals surface area contributed by atoms with E-state index in [0.717, 1.165) is 30.4 Å². The fourth-order valence-corrected chi connectivity index (χ4v) is 9.19. The van der Waals surface area contributed by atoms with Crippen molar-refractivity contribution in [3.05, 3.63) is 59.2 Å². The predicted molar refractivity (Wildman–Crippen MR) is 156 cm³/mol. The molecule has 0 aromatic heterocycles. The minimum Gasteiger partial charge on any atom is -0.365 e. The fourth-order valence-electron chi connectivity index (χ4n) is 4.84. The van der Waals surface area contributed by atoms with Gasteiger partial charge >= 0.3 is 0 Å². The van der Waals surface area contributed by atoms with Crippen molar-refractivity contribution in [2.75, 3.05) is 26.7 Å². The molecule has 1 aliphatic rings. The van der Waals surface area contributed by atoms with Crippen LogP contribution in [0.25, 0.3) is 0 Å². The van der Waals surface area contributed by atoms with Crippen molar-refractivity contribution in [2.45, 2.75) is 85.1 Å². The minimum absolute atomic E-state index is 0.0899. The molecule has 210 valence electrons. The van der Waals surface area contributed by atoms with Gasteiger partial charge in [-0.05, 0) is 55.4 Å². The second-order valence-electron chi connectivity index (χ2n) is 10.1. The summed E-state index contributed by atoms with van der Waals surface area (Å²) >= 11 is 0. The Labute approximate surface area is 229 Å². The van der Waals surface area contributed by atoms with Gasteiger partial charge in [-0.3, -0.25) is 4.79 Å². The number of ketones is 1. The van der Waals surface area contributed by atoms with Gasteiger partial charge in [-0.2, -0.15) is 3.71 Å². The van der Waals surface area contributed by atoms with E-state index in [2.05, 4.69) is 4.90 Å². The van der Waals surface area contributed by atoms with E-state index in [1.54, 1.807) is 0 Å².